The van der Waals surface area contributed by atoms with Crippen LogP contribution in [0, 0.1) is 0 Å². The summed E-state index contributed by atoms with van der Waals surface area (Å²) in [6.07, 6.45) is 3.03. The van der Waals surface area contributed by atoms with E-state index in [2.05, 4.69) is 41.1 Å². The smallest absolute Gasteiger partial charge is 0.279 e. The van der Waals surface area contributed by atoms with Crippen molar-refractivity contribution < 1.29 is 9.18 Å². The maximum Gasteiger partial charge on any atom is 0.279 e. The van der Waals surface area contributed by atoms with Gasteiger partial charge in [-0.3, -0.25) is 4.79 Å². The van der Waals surface area contributed by atoms with Gasteiger partial charge in [-0.25, -0.2) is 9.37 Å². The molecule has 1 aliphatic carbocycles. The third kappa shape index (κ3) is 3.25. The summed E-state index contributed by atoms with van der Waals surface area (Å²) >= 11 is 1.61. The summed E-state index contributed by atoms with van der Waals surface area (Å²) in [5, 5.41) is 3.31. The van der Waals surface area contributed by atoms with Crippen LogP contribution in [-0.4, -0.2) is 10.9 Å². The number of hydrogen-bond donors (Lipinski definition) is 1. The molecular formula is C17H17FN2OS. The van der Waals surface area contributed by atoms with Crippen LogP contribution in [0.5, 0.6) is 0 Å². The van der Waals surface area contributed by atoms with Gasteiger partial charge in [0.15, 0.2) is 5.83 Å². The second kappa shape index (κ2) is 6.40. The van der Waals surface area contributed by atoms with Gasteiger partial charge in [-0.15, -0.1) is 11.3 Å². The van der Waals surface area contributed by atoms with Crippen molar-refractivity contribution in [1.82, 2.24) is 10.3 Å². The van der Waals surface area contributed by atoms with Crippen LogP contribution in [0.4, 0.5) is 4.39 Å². The van der Waals surface area contributed by atoms with Crippen LogP contribution < -0.4 is 5.32 Å². The molecule has 1 heterocycles. The molecule has 1 N–H and O–H groups in total. The predicted molar refractivity (Wildman–Crippen MR) is 85.4 cm³/mol. The first kappa shape index (κ1) is 14.9. The van der Waals surface area contributed by atoms with E-state index in [0.717, 1.165) is 30.0 Å². The first-order valence-corrected chi connectivity index (χ1v) is 8.10. The summed E-state index contributed by atoms with van der Waals surface area (Å²) in [5.74, 6) is -1.21. The van der Waals surface area contributed by atoms with E-state index in [1.54, 1.807) is 11.3 Å². The number of rotatable bonds is 4. The molecule has 5 heteroatoms. The third-order valence-electron chi connectivity index (χ3n) is 3.90. The molecule has 1 atom stereocenters. The van der Waals surface area contributed by atoms with Crippen LogP contribution >= 0.6 is 11.3 Å². The maximum absolute atomic E-state index is 12.6. The summed E-state index contributed by atoms with van der Waals surface area (Å²) in [6, 6.07) is 10.5. The Morgan fingerprint density at radius 2 is 2.18 bits per heavy atom. The van der Waals surface area contributed by atoms with Crippen LogP contribution in [0.3, 0.4) is 0 Å². The monoisotopic (exact) mass is 316 g/mol. The number of hydrogen-bond acceptors (Lipinski definition) is 3. The van der Waals surface area contributed by atoms with Crippen molar-refractivity contribution >= 4 is 17.2 Å². The Bertz CT molecular complexity index is 696. The van der Waals surface area contributed by atoms with Crippen molar-refractivity contribution in [3.05, 3.63) is 63.9 Å². The highest BCUT2D eigenvalue weighted by molar-refractivity contribution is 7.11. The van der Waals surface area contributed by atoms with E-state index < -0.39 is 11.7 Å². The van der Waals surface area contributed by atoms with Crippen molar-refractivity contribution in [1.29, 1.82) is 0 Å². The van der Waals surface area contributed by atoms with Crippen LogP contribution in [0.2, 0.25) is 0 Å². The number of fused-ring (bicyclic) bond motifs is 1. The molecule has 1 aliphatic rings. The Labute approximate surface area is 132 Å². The number of aryl methyl sites for hydroxylation is 1. The van der Waals surface area contributed by atoms with Gasteiger partial charge >= 0.3 is 0 Å². The summed E-state index contributed by atoms with van der Waals surface area (Å²) in [7, 11) is 0. The molecular weight excluding hydrogens is 299 g/mol. The van der Waals surface area contributed by atoms with Crippen LogP contribution in [0.1, 0.15) is 33.5 Å². The Morgan fingerprint density at radius 3 is 2.91 bits per heavy atom. The fourth-order valence-electron chi connectivity index (χ4n) is 2.77. The van der Waals surface area contributed by atoms with E-state index in [0.29, 0.717) is 5.92 Å². The van der Waals surface area contributed by atoms with Gasteiger partial charge in [0.1, 0.15) is 5.01 Å². The fraction of sp³-hybridized carbons (Fsp3) is 0.294. The molecule has 0 fully saturated rings. The second-order valence-corrected chi connectivity index (χ2v) is 6.58. The second-order valence-electron chi connectivity index (χ2n) is 5.42. The average molecular weight is 316 g/mol. The van der Waals surface area contributed by atoms with Gasteiger partial charge < -0.3 is 5.32 Å². The lowest BCUT2D eigenvalue weighted by Gasteiger charge is -2.21. The molecule has 1 aromatic carbocycles. The topological polar surface area (TPSA) is 42.0 Å². The number of aromatic nitrogens is 1. The lowest BCUT2D eigenvalue weighted by molar-refractivity contribution is -0.119. The van der Waals surface area contributed by atoms with Crippen molar-refractivity contribution in [3.8, 4) is 0 Å². The van der Waals surface area contributed by atoms with Gasteiger partial charge in [0.05, 0.1) is 12.2 Å². The Balaban J connectivity index is 1.68. The predicted octanol–water partition coefficient (Wildman–Crippen LogP) is 3.52. The summed E-state index contributed by atoms with van der Waals surface area (Å²) in [5.41, 5.74) is 2.49. The third-order valence-corrected chi connectivity index (χ3v) is 5.02. The van der Waals surface area contributed by atoms with E-state index in [1.165, 1.54) is 10.4 Å². The highest BCUT2D eigenvalue weighted by Crippen LogP contribution is 2.35. The lowest BCUT2D eigenvalue weighted by Crippen LogP contribution is -2.22. The summed E-state index contributed by atoms with van der Waals surface area (Å²) < 4.78 is 12.6. The molecule has 1 unspecified atom stereocenters. The standard InChI is InChI=1S/C17H17FN2OS/c1-11(18)17(21)19-10-16-20-14-8-7-13(9-15(14)22-16)12-5-3-2-4-6-12/h2-6,13H,1,7-10H2,(H,19,21). The van der Waals surface area contributed by atoms with E-state index in [1.807, 2.05) is 6.07 Å². The summed E-state index contributed by atoms with van der Waals surface area (Å²) in [4.78, 5) is 17.0. The number of amides is 1. The van der Waals surface area contributed by atoms with Gasteiger partial charge in [-0.05, 0) is 30.7 Å². The molecule has 0 radical (unpaired) electrons. The first-order valence-electron chi connectivity index (χ1n) is 7.28. The normalized spacial score (nSPS) is 16.9. The molecule has 0 spiro atoms. The zero-order chi connectivity index (χ0) is 15.5. The van der Waals surface area contributed by atoms with Gasteiger partial charge in [-0.1, -0.05) is 36.9 Å². The molecule has 114 valence electrons. The fourth-order valence-corrected chi connectivity index (χ4v) is 3.90. The maximum atomic E-state index is 12.6. The van der Waals surface area contributed by atoms with Crippen LogP contribution in [0.15, 0.2) is 42.7 Å². The minimum absolute atomic E-state index is 0.259. The average Bonchev–Trinajstić information content (AvgIpc) is 2.95. The van der Waals surface area contributed by atoms with Gasteiger partial charge in [-0.2, -0.15) is 0 Å². The Hall–Kier alpha value is -2.01. The molecule has 1 aromatic heterocycles. The minimum Gasteiger partial charge on any atom is -0.344 e. The molecule has 22 heavy (non-hydrogen) atoms. The number of benzene rings is 1. The molecule has 3 nitrogen and oxygen atoms in total. The SMILES string of the molecule is C=C(F)C(=O)NCc1nc2c(s1)CC(c1ccccc1)CC2. The van der Waals surface area contributed by atoms with Crippen molar-refractivity contribution in [2.75, 3.05) is 0 Å². The number of nitrogens with zero attached hydrogens (tertiary/aromatic N) is 1. The van der Waals surface area contributed by atoms with Gasteiger partial charge in [0, 0.05) is 4.88 Å². The zero-order valence-electron chi connectivity index (χ0n) is 12.1. The molecule has 0 saturated carbocycles. The zero-order valence-corrected chi connectivity index (χ0v) is 13.0. The largest absolute Gasteiger partial charge is 0.344 e. The van der Waals surface area contributed by atoms with Crippen LogP contribution in [0.25, 0.3) is 0 Å². The number of carbonyl (C=O) groups excluding carboxylic acids is 1. The molecule has 1 amide bonds. The van der Waals surface area contributed by atoms with E-state index in [-0.39, 0.29) is 6.54 Å². The highest BCUT2D eigenvalue weighted by Gasteiger charge is 2.23. The van der Waals surface area contributed by atoms with Crippen molar-refractivity contribution in [3.63, 3.8) is 0 Å². The quantitative estimate of drug-likeness (QED) is 0.877. The lowest BCUT2D eigenvalue weighted by atomic mass is 9.85. The Morgan fingerprint density at radius 1 is 1.41 bits per heavy atom. The van der Waals surface area contributed by atoms with Gasteiger partial charge in [0.2, 0.25) is 0 Å². The number of carbonyl (C=O) groups is 1. The van der Waals surface area contributed by atoms with E-state index in [4.69, 9.17) is 0 Å². The van der Waals surface area contributed by atoms with Gasteiger partial charge in [0.25, 0.3) is 5.91 Å². The molecule has 3 rings (SSSR count). The Kier molecular flexibility index (Phi) is 4.34. The molecule has 2 aromatic rings. The molecule has 0 saturated heterocycles. The summed E-state index contributed by atoms with van der Waals surface area (Å²) in [6.45, 7) is 3.24. The highest BCUT2D eigenvalue weighted by atomic mass is 32.1. The van der Waals surface area contributed by atoms with Crippen molar-refractivity contribution in [2.45, 2.75) is 31.7 Å². The van der Waals surface area contributed by atoms with Crippen molar-refractivity contribution in [2.24, 2.45) is 0 Å². The molecule has 0 bridgehead atoms. The number of nitrogens with one attached hydrogen (secondary N) is 1. The minimum atomic E-state index is -0.967. The molecule has 0 aliphatic heterocycles. The first-order chi connectivity index (χ1) is 10.6. The van der Waals surface area contributed by atoms with E-state index in [9.17, 15) is 9.18 Å². The van der Waals surface area contributed by atoms with E-state index >= 15 is 0 Å². The number of halogens is 1. The number of thiazole rings is 1. The van der Waals surface area contributed by atoms with Crippen LogP contribution in [-0.2, 0) is 24.2 Å².